The van der Waals surface area contributed by atoms with E-state index in [2.05, 4.69) is 10.1 Å². The Hall–Kier alpha value is -3.28. The van der Waals surface area contributed by atoms with E-state index in [9.17, 15) is 4.79 Å². The quantitative estimate of drug-likeness (QED) is 0.695. The number of carbonyl (C=O) groups is 1. The van der Waals surface area contributed by atoms with Crippen molar-refractivity contribution < 1.29 is 14.1 Å². The fourth-order valence-electron chi connectivity index (χ4n) is 3.35. The van der Waals surface area contributed by atoms with Crippen LogP contribution in [0.3, 0.4) is 0 Å². The first kappa shape index (κ1) is 18.1. The molecule has 4 rings (SSSR count). The lowest BCUT2D eigenvalue weighted by molar-refractivity contribution is 0.0736. The van der Waals surface area contributed by atoms with E-state index in [0.717, 1.165) is 30.1 Å². The van der Waals surface area contributed by atoms with Gasteiger partial charge in [0.2, 0.25) is 0 Å². The second-order valence-corrected chi connectivity index (χ2v) is 6.92. The zero-order valence-corrected chi connectivity index (χ0v) is 16.1. The second kappa shape index (κ2) is 7.76. The molecule has 28 heavy (non-hydrogen) atoms. The summed E-state index contributed by atoms with van der Waals surface area (Å²) in [6.07, 6.45) is 0. The third-order valence-electron chi connectivity index (χ3n) is 5.07. The number of rotatable bonds is 4. The van der Waals surface area contributed by atoms with Gasteiger partial charge in [0, 0.05) is 43.5 Å². The van der Waals surface area contributed by atoms with Gasteiger partial charge in [0.25, 0.3) is 5.91 Å². The summed E-state index contributed by atoms with van der Waals surface area (Å²) in [7, 11) is 1.66. The highest BCUT2D eigenvalue weighted by Gasteiger charge is 2.25. The van der Waals surface area contributed by atoms with Crippen LogP contribution in [-0.2, 0) is 0 Å². The lowest BCUT2D eigenvalue weighted by Gasteiger charge is -2.35. The van der Waals surface area contributed by atoms with Gasteiger partial charge in [-0.15, -0.1) is 0 Å². The fraction of sp³-hybridized carbons (Fsp3) is 0.273. The van der Waals surface area contributed by atoms with Crippen LogP contribution in [0.15, 0.2) is 59.1 Å². The lowest BCUT2D eigenvalue weighted by atomic mass is 10.1. The molecule has 0 spiro atoms. The van der Waals surface area contributed by atoms with Crippen molar-refractivity contribution in [2.75, 3.05) is 38.2 Å². The summed E-state index contributed by atoms with van der Waals surface area (Å²) in [5.41, 5.74) is 3.58. The number of hydrogen-bond donors (Lipinski definition) is 0. The molecule has 6 nitrogen and oxygen atoms in total. The molecule has 0 aliphatic carbocycles. The Morgan fingerprint density at radius 1 is 1.00 bits per heavy atom. The second-order valence-electron chi connectivity index (χ2n) is 6.92. The third-order valence-corrected chi connectivity index (χ3v) is 5.07. The molecule has 1 amide bonds. The van der Waals surface area contributed by atoms with Gasteiger partial charge >= 0.3 is 0 Å². The molecule has 0 unspecified atom stereocenters. The molecular weight excluding hydrogens is 354 g/mol. The van der Waals surface area contributed by atoms with E-state index in [0.29, 0.717) is 24.5 Å². The minimum Gasteiger partial charge on any atom is -0.497 e. The van der Waals surface area contributed by atoms with E-state index >= 15 is 0 Å². The maximum atomic E-state index is 12.8. The molecule has 1 fully saturated rings. The number of methoxy groups -OCH3 is 1. The lowest BCUT2D eigenvalue weighted by Crippen LogP contribution is -2.48. The fourth-order valence-corrected chi connectivity index (χ4v) is 3.35. The number of carbonyl (C=O) groups excluding carboxylic acids is 1. The molecule has 1 aliphatic rings. The summed E-state index contributed by atoms with van der Waals surface area (Å²) in [6.45, 7) is 4.89. The molecule has 0 radical (unpaired) electrons. The van der Waals surface area contributed by atoms with Crippen LogP contribution in [0.4, 0.5) is 5.69 Å². The number of amides is 1. The third kappa shape index (κ3) is 3.71. The Balaban J connectivity index is 1.39. The van der Waals surface area contributed by atoms with Gasteiger partial charge in [-0.1, -0.05) is 35.0 Å². The van der Waals surface area contributed by atoms with Crippen molar-refractivity contribution in [3.8, 4) is 17.1 Å². The standard InChI is InChI=1S/C22H23N3O3/c1-16-3-5-17(6-4-16)21-15-20(23-28-21)22(26)25-13-11-24(12-14-25)18-7-9-19(27-2)10-8-18/h3-10,15H,11-14H2,1-2H3. The first-order valence-corrected chi connectivity index (χ1v) is 9.36. The Kier molecular flexibility index (Phi) is 5.02. The molecule has 6 heteroatoms. The zero-order valence-electron chi connectivity index (χ0n) is 16.1. The molecule has 1 aromatic heterocycles. The van der Waals surface area contributed by atoms with Crippen LogP contribution >= 0.6 is 0 Å². The summed E-state index contributed by atoms with van der Waals surface area (Å²) in [5, 5.41) is 3.99. The smallest absolute Gasteiger partial charge is 0.276 e. The van der Waals surface area contributed by atoms with Crippen LogP contribution in [0.2, 0.25) is 0 Å². The van der Waals surface area contributed by atoms with E-state index in [4.69, 9.17) is 9.26 Å². The molecule has 2 aromatic carbocycles. The monoisotopic (exact) mass is 377 g/mol. The van der Waals surface area contributed by atoms with Crippen molar-refractivity contribution in [1.29, 1.82) is 0 Å². The molecule has 1 saturated heterocycles. The van der Waals surface area contributed by atoms with Crippen LogP contribution in [0.5, 0.6) is 5.75 Å². The molecule has 144 valence electrons. The SMILES string of the molecule is COc1ccc(N2CCN(C(=O)c3cc(-c4ccc(C)cc4)on3)CC2)cc1. The van der Waals surface area contributed by atoms with Gasteiger partial charge in [-0.25, -0.2) is 0 Å². The number of nitrogens with zero attached hydrogens (tertiary/aromatic N) is 3. The topological polar surface area (TPSA) is 58.8 Å². The highest BCUT2D eigenvalue weighted by Crippen LogP contribution is 2.23. The Bertz CT molecular complexity index is 940. The first-order valence-electron chi connectivity index (χ1n) is 9.36. The van der Waals surface area contributed by atoms with Crippen LogP contribution in [0.25, 0.3) is 11.3 Å². The molecule has 0 atom stereocenters. The van der Waals surface area contributed by atoms with E-state index in [1.807, 2.05) is 60.4 Å². The number of ether oxygens (including phenoxy) is 1. The normalized spacial score (nSPS) is 14.2. The molecular formula is C22H23N3O3. The van der Waals surface area contributed by atoms with Gasteiger partial charge in [0.15, 0.2) is 11.5 Å². The molecule has 0 saturated carbocycles. The highest BCUT2D eigenvalue weighted by molar-refractivity contribution is 5.93. The maximum Gasteiger partial charge on any atom is 0.276 e. The van der Waals surface area contributed by atoms with Crippen molar-refractivity contribution in [2.45, 2.75) is 6.92 Å². The van der Waals surface area contributed by atoms with Gasteiger partial charge < -0.3 is 19.1 Å². The first-order chi connectivity index (χ1) is 13.6. The maximum absolute atomic E-state index is 12.8. The van der Waals surface area contributed by atoms with Crippen molar-refractivity contribution in [3.63, 3.8) is 0 Å². The summed E-state index contributed by atoms with van der Waals surface area (Å²) in [4.78, 5) is 16.9. The molecule has 2 heterocycles. The minimum atomic E-state index is -0.0866. The highest BCUT2D eigenvalue weighted by atomic mass is 16.5. The molecule has 3 aromatic rings. The van der Waals surface area contributed by atoms with Gasteiger partial charge in [-0.05, 0) is 31.2 Å². The number of piperazine rings is 1. The van der Waals surface area contributed by atoms with E-state index in [1.165, 1.54) is 5.56 Å². The number of hydrogen-bond acceptors (Lipinski definition) is 5. The average Bonchev–Trinajstić information content (AvgIpc) is 3.24. The molecule has 0 N–H and O–H groups in total. The number of anilines is 1. The summed E-state index contributed by atoms with van der Waals surface area (Å²) < 4.78 is 10.6. The summed E-state index contributed by atoms with van der Waals surface area (Å²) >= 11 is 0. The van der Waals surface area contributed by atoms with Gasteiger partial charge in [0.05, 0.1) is 7.11 Å². The van der Waals surface area contributed by atoms with Crippen LogP contribution in [0, 0.1) is 6.92 Å². The largest absolute Gasteiger partial charge is 0.497 e. The van der Waals surface area contributed by atoms with Crippen molar-refractivity contribution in [2.24, 2.45) is 0 Å². The van der Waals surface area contributed by atoms with Crippen molar-refractivity contribution in [3.05, 3.63) is 65.9 Å². The average molecular weight is 377 g/mol. The van der Waals surface area contributed by atoms with Crippen molar-refractivity contribution in [1.82, 2.24) is 10.1 Å². The predicted octanol–water partition coefficient (Wildman–Crippen LogP) is 3.62. The van der Waals surface area contributed by atoms with Crippen LogP contribution in [0.1, 0.15) is 16.1 Å². The van der Waals surface area contributed by atoms with E-state index in [1.54, 1.807) is 13.2 Å². The van der Waals surface area contributed by atoms with Gasteiger partial charge in [-0.2, -0.15) is 0 Å². The van der Waals surface area contributed by atoms with Gasteiger partial charge in [-0.3, -0.25) is 4.79 Å². The van der Waals surface area contributed by atoms with Crippen LogP contribution < -0.4 is 9.64 Å². The summed E-state index contributed by atoms with van der Waals surface area (Å²) in [5.74, 6) is 1.37. The van der Waals surface area contributed by atoms with Crippen molar-refractivity contribution >= 4 is 11.6 Å². The van der Waals surface area contributed by atoms with E-state index < -0.39 is 0 Å². The van der Waals surface area contributed by atoms with Gasteiger partial charge in [0.1, 0.15) is 5.75 Å². The zero-order chi connectivity index (χ0) is 19.5. The number of aryl methyl sites for hydroxylation is 1. The van der Waals surface area contributed by atoms with E-state index in [-0.39, 0.29) is 5.91 Å². The Morgan fingerprint density at radius 3 is 2.32 bits per heavy atom. The number of aromatic nitrogens is 1. The Labute approximate surface area is 164 Å². The van der Waals surface area contributed by atoms with Crippen LogP contribution in [-0.4, -0.2) is 49.3 Å². The number of benzene rings is 2. The Morgan fingerprint density at radius 2 is 1.68 bits per heavy atom. The molecule has 1 aliphatic heterocycles. The molecule has 0 bridgehead atoms. The predicted molar refractivity (Wildman–Crippen MR) is 108 cm³/mol. The summed E-state index contributed by atoms with van der Waals surface area (Å²) in [6, 6.07) is 17.7. The minimum absolute atomic E-state index is 0.0866.